The zero-order valence-corrected chi connectivity index (χ0v) is 9.05. The van der Waals surface area contributed by atoms with Gasteiger partial charge in [0.15, 0.2) is 5.78 Å². The zero-order valence-electron chi connectivity index (χ0n) is 9.05. The molecule has 0 radical (unpaired) electrons. The molecule has 0 fully saturated rings. The van der Waals surface area contributed by atoms with E-state index in [1.807, 2.05) is 13.8 Å². The number of hydrogen-bond donors (Lipinski definition) is 0. The molecule has 1 nitrogen and oxygen atoms in total. The Labute approximate surface area is 85.2 Å². The van der Waals surface area contributed by atoms with Crippen molar-refractivity contribution in [2.45, 2.75) is 33.6 Å². The summed E-state index contributed by atoms with van der Waals surface area (Å²) in [5.41, 5.74) is 3.27. The van der Waals surface area contributed by atoms with Gasteiger partial charge in [-0.1, -0.05) is 23.8 Å². The van der Waals surface area contributed by atoms with E-state index in [9.17, 15) is 4.79 Å². The largest absolute Gasteiger partial charge is 0.289 e. The predicted molar refractivity (Wildman–Crippen MR) is 57.9 cm³/mol. The summed E-state index contributed by atoms with van der Waals surface area (Å²) in [5, 5.41) is 0. The highest BCUT2D eigenvalue weighted by Crippen LogP contribution is 2.45. The summed E-state index contributed by atoms with van der Waals surface area (Å²) in [5.74, 6) is 0.204. The Kier molecular flexibility index (Phi) is 1.99. The fourth-order valence-corrected chi connectivity index (χ4v) is 2.54. The first-order valence-corrected chi connectivity index (χ1v) is 5.16. The summed E-state index contributed by atoms with van der Waals surface area (Å²) in [4.78, 5) is 11.6. The number of ketones is 1. The molecule has 2 aliphatic carbocycles. The minimum atomic E-state index is 0.0715. The fraction of sp³-hybridized carbons (Fsp3) is 0.462. The third kappa shape index (κ3) is 1.19. The van der Waals surface area contributed by atoms with E-state index in [0.717, 1.165) is 24.0 Å². The van der Waals surface area contributed by atoms with Gasteiger partial charge in [0.25, 0.3) is 0 Å². The Bertz CT molecular complexity index is 358. The Balaban J connectivity index is 2.49. The molecule has 1 heteroatoms. The average molecular weight is 188 g/mol. The van der Waals surface area contributed by atoms with E-state index in [4.69, 9.17) is 0 Å². The highest BCUT2D eigenvalue weighted by molar-refractivity contribution is 6.08. The topological polar surface area (TPSA) is 17.1 Å². The smallest absolute Gasteiger partial charge is 0.183 e. The van der Waals surface area contributed by atoms with Crippen LogP contribution in [0.3, 0.4) is 0 Å². The third-order valence-corrected chi connectivity index (χ3v) is 3.41. The lowest BCUT2D eigenvalue weighted by atomic mass is 9.74. The Morgan fingerprint density at radius 3 is 2.14 bits per heavy atom. The first-order chi connectivity index (χ1) is 6.55. The van der Waals surface area contributed by atoms with Gasteiger partial charge in [0.1, 0.15) is 0 Å². The van der Waals surface area contributed by atoms with Gasteiger partial charge in [-0.25, -0.2) is 0 Å². The van der Waals surface area contributed by atoms with Crippen molar-refractivity contribution >= 4 is 5.78 Å². The van der Waals surface area contributed by atoms with Crippen LogP contribution in [0.5, 0.6) is 0 Å². The van der Waals surface area contributed by atoms with Crippen LogP contribution in [-0.4, -0.2) is 5.78 Å². The third-order valence-electron chi connectivity index (χ3n) is 3.41. The van der Waals surface area contributed by atoms with Crippen molar-refractivity contribution in [3.8, 4) is 0 Å². The molecule has 0 amide bonds. The highest BCUT2D eigenvalue weighted by atomic mass is 16.1. The second-order valence-corrected chi connectivity index (χ2v) is 4.45. The number of rotatable bonds is 0. The summed E-state index contributed by atoms with van der Waals surface area (Å²) < 4.78 is 0. The monoisotopic (exact) mass is 188 g/mol. The Morgan fingerprint density at radius 2 is 1.71 bits per heavy atom. The van der Waals surface area contributed by atoms with E-state index >= 15 is 0 Å². The van der Waals surface area contributed by atoms with Crippen molar-refractivity contribution < 1.29 is 4.79 Å². The number of hydrogen-bond acceptors (Lipinski definition) is 1. The van der Waals surface area contributed by atoms with Crippen LogP contribution >= 0.6 is 0 Å². The maximum Gasteiger partial charge on any atom is 0.183 e. The summed E-state index contributed by atoms with van der Waals surface area (Å²) in [6.45, 7) is 6.01. The standard InChI is InChI=1S/C13H16O/c1-9-7-13(6-4-5-11(13)3)8-10(2)12(9)14/h5,7-8H,4,6H2,1-3H3. The van der Waals surface area contributed by atoms with Gasteiger partial charge in [-0.3, -0.25) is 4.79 Å². The molecular formula is C13H16O. The average Bonchev–Trinajstić information content (AvgIpc) is 2.44. The quantitative estimate of drug-likeness (QED) is 0.533. The number of allylic oxidation sites excluding steroid dienone is 6. The van der Waals surface area contributed by atoms with Crippen molar-refractivity contribution in [3.05, 3.63) is 34.9 Å². The zero-order chi connectivity index (χ0) is 10.3. The van der Waals surface area contributed by atoms with Crippen LogP contribution in [0, 0.1) is 5.41 Å². The van der Waals surface area contributed by atoms with Crippen LogP contribution in [0.25, 0.3) is 0 Å². The van der Waals surface area contributed by atoms with Gasteiger partial charge >= 0.3 is 0 Å². The Morgan fingerprint density at radius 1 is 1.14 bits per heavy atom. The summed E-state index contributed by atoms with van der Waals surface area (Å²) >= 11 is 0. The molecule has 0 aromatic heterocycles. The van der Waals surface area contributed by atoms with Crippen LogP contribution in [0.2, 0.25) is 0 Å². The molecule has 1 spiro atoms. The maximum absolute atomic E-state index is 11.6. The van der Waals surface area contributed by atoms with Gasteiger partial charge < -0.3 is 0 Å². The summed E-state index contributed by atoms with van der Waals surface area (Å²) in [6, 6.07) is 0. The molecule has 2 rings (SSSR count). The molecule has 0 aliphatic heterocycles. The molecule has 0 aromatic rings. The summed E-state index contributed by atoms with van der Waals surface area (Å²) in [7, 11) is 0. The van der Waals surface area contributed by atoms with Crippen LogP contribution in [0.15, 0.2) is 34.9 Å². The molecule has 2 aliphatic rings. The van der Waals surface area contributed by atoms with Gasteiger partial charge in [0, 0.05) is 5.41 Å². The van der Waals surface area contributed by atoms with Crippen LogP contribution < -0.4 is 0 Å². The molecule has 0 atom stereocenters. The van der Waals surface area contributed by atoms with Crippen molar-refractivity contribution in [2.24, 2.45) is 5.41 Å². The molecule has 0 N–H and O–H groups in total. The lowest BCUT2D eigenvalue weighted by Crippen LogP contribution is -2.21. The molecule has 0 aromatic carbocycles. The number of Topliss-reactive ketones (excluding diaryl/α,β-unsaturated/α-hetero) is 1. The second-order valence-electron chi connectivity index (χ2n) is 4.45. The highest BCUT2D eigenvalue weighted by Gasteiger charge is 2.34. The van der Waals surface area contributed by atoms with E-state index in [1.165, 1.54) is 5.57 Å². The van der Waals surface area contributed by atoms with Gasteiger partial charge in [0.05, 0.1) is 0 Å². The second kappa shape index (κ2) is 2.94. The van der Waals surface area contributed by atoms with Gasteiger partial charge in [-0.2, -0.15) is 0 Å². The minimum absolute atomic E-state index is 0.0715. The van der Waals surface area contributed by atoms with Gasteiger partial charge in [-0.05, 0) is 44.8 Å². The number of carbonyl (C=O) groups is 1. The van der Waals surface area contributed by atoms with E-state index < -0.39 is 0 Å². The van der Waals surface area contributed by atoms with E-state index in [0.29, 0.717) is 0 Å². The lowest BCUT2D eigenvalue weighted by Gasteiger charge is -2.29. The van der Waals surface area contributed by atoms with Crippen LogP contribution in [-0.2, 0) is 4.79 Å². The molecule has 0 saturated heterocycles. The first kappa shape index (κ1) is 9.45. The van der Waals surface area contributed by atoms with Crippen molar-refractivity contribution in [1.29, 1.82) is 0 Å². The van der Waals surface area contributed by atoms with Crippen LogP contribution in [0.4, 0.5) is 0 Å². The first-order valence-electron chi connectivity index (χ1n) is 5.16. The SMILES string of the molecule is CC1=CC2(C=C(C)C1=O)CCC=C2C. The molecule has 74 valence electrons. The Hall–Kier alpha value is -1.11. The number of carbonyl (C=O) groups excluding carboxylic acids is 1. The molecule has 0 bridgehead atoms. The molecule has 0 saturated carbocycles. The van der Waals surface area contributed by atoms with Crippen molar-refractivity contribution in [2.75, 3.05) is 0 Å². The van der Waals surface area contributed by atoms with Gasteiger partial charge in [-0.15, -0.1) is 0 Å². The minimum Gasteiger partial charge on any atom is -0.289 e. The predicted octanol–water partition coefficient (Wildman–Crippen LogP) is 3.19. The van der Waals surface area contributed by atoms with E-state index in [1.54, 1.807) is 0 Å². The lowest BCUT2D eigenvalue weighted by molar-refractivity contribution is -0.112. The molecule has 0 heterocycles. The molecule has 0 unspecified atom stereocenters. The fourth-order valence-electron chi connectivity index (χ4n) is 2.54. The van der Waals surface area contributed by atoms with Crippen LogP contribution in [0.1, 0.15) is 33.6 Å². The molecule has 14 heavy (non-hydrogen) atoms. The van der Waals surface area contributed by atoms with Crippen molar-refractivity contribution in [3.63, 3.8) is 0 Å². The summed E-state index contributed by atoms with van der Waals surface area (Å²) in [6.07, 6.45) is 8.82. The van der Waals surface area contributed by atoms with E-state index in [2.05, 4.69) is 25.2 Å². The van der Waals surface area contributed by atoms with Gasteiger partial charge in [0.2, 0.25) is 0 Å². The molecular weight excluding hydrogens is 172 g/mol. The van der Waals surface area contributed by atoms with Crippen molar-refractivity contribution in [1.82, 2.24) is 0 Å². The van der Waals surface area contributed by atoms with E-state index in [-0.39, 0.29) is 11.2 Å². The maximum atomic E-state index is 11.6. The normalized spacial score (nSPS) is 24.8.